The average Bonchev–Trinajstić information content (AvgIpc) is 2.57. The van der Waals surface area contributed by atoms with Crippen LogP contribution in [0, 0.1) is 11.6 Å². The summed E-state index contributed by atoms with van der Waals surface area (Å²) in [6, 6.07) is 4.08. The van der Waals surface area contributed by atoms with Crippen molar-refractivity contribution >= 4 is 11.6 Å². The molecule has 2 aromatic rings. The van der Waals surface area contributed by atoms with E-state index in [1.165, 1.54) is 25.6 Å². The first kappa shape index (κ1) is 15.5. The number of halogens is 2. The predicted molar refractivity (Wildman–Crippen MR) is 83.5 cm³/mol. The number of hydrogen-bond acceptors (Lipinski definition) is 5. The van der Waals surface area contributed by atoms with Crippen molar-refractivity contribution in [3.63, 3.8) is 0 Å². The van der Waals surface area contributed by atoms with Gasteiger partial charge in [0.2, 0.25) is 5.75 Å². The highest BCUT2D eigenvalue weighted by molar-refractivity contribution is 5.63. The first-order valence-corrected chi connectivity index (χ1v) is 7.44. The summed E-state index contributed by atoms with van der Waals surface area (Å²) in [6.45, 7) is 1.44. The van der Waals surface area contributed by atoms with E-state index in [0.717, 1.165) is 24.9 Å². The van der Waals surface area contributed by atoms with Crippen molar-refractivity contribution in [3.05, 3.63) is 41.7 Å². The number of benzene rings is 1. The lowest BCUT2D eigenvalue weighted by molar-refractivity contribution is 0.408. The molecule has 1 aliphatic rings. The highest BCUT2D eigenvalue weighted by Gasteiger charge is 2.26. The van der Waals surface area contributed by atoms with Crippen molar-refractivity contribution in [2.24, 2.45) is 0 Å². The Morgan fingerprint density at radius 2 is 2.09 bits per heavy atom. The lowest BCUT2D eigenvalue weighted by Crippen LogP contribution is -2.35. The summed E-state index contributed by atoms with van der Waals surface area (Å²) >= 11 is 0. The molecule has 2 heterocycles. The van der Waals surface area contributed by atoms with Gasteiger partial charge in [-0.05, 0) is 30.5 Å². The van der Waals surface area contributed by atoms with Crippen molar-refractivity contribution in [3.8, 4) is 5.75 Å². The summed E-state index contributed by atoms with van der Waals surface area (Å²) < 4.78 is 31.9. The average molecular weight is 320 g/mol. The van der Waals surface area contributed by atoms with Crippen LogP contribution in [0.2, 0.25) is 0 Å². The number of nitrogens with zero attached hydrogens (tertiary/aromatic N) is 3. The molecule has 1 aromatic carbocycles. The lowest BCUT2D eigenvalue weighted by atomic mass is 9.90. The highest BCUT2D eigenvalue weighted by Crippen LogP contribution is 2.35. The van der Waals surface area contributed by atoms with Gasteiger partial charge in [0.15, 0.2) is 23.3 Å². The summed E-state index contributed by atoms with van der Waals surface area (Å²) in [5, 5.41) is 0. The maximum absolute atomic E-state index is 13.5. The molecule has 1 fully saturated rings. The number of ether oxygens (including phenoxy) is 1. The molecule has 7 heteroatoms. The van der Waals surface area contributed by atoms with E-state index in [0.29, 0.717) is 18.1 Å². The highest BCUT2D eigenvalue weighted by atomic mass is 19.2. The van der Waals surface area contributed by atoms with Gasteiger partial charge in [0.1, 0.15) is 6.33 Å². The zero-order chi connectivity index (χ0) is 16.4. The summed E-state index contributed by atoms with van der Waals surface area (Å²) in [6.07, 6.45) is 3.22. The summed E-state index contributed by atoms with van der Waals surface area (Å²) in [4.78, 5) is 10.2. The molecule has 3 rings (SSSR count). The van der Waals surface area contributed by atoms with Crippen LogP contribution >= 0.6 is 0 Å². The second-order valence-electron chi connectivity index (χ2n) is 5.57. The Bertz CT molecular complexity index is 710. The van der Waals surface area contributed by atoms with E-state index >= 15 is 0 Å². The van der Waals surface area contributed by atoms with Crippen molar-refractivity contribution in [1.29, 1.82) is 0 Å². The monoisotopic (exact) mass is 320 g/mol. The largest absolute Gasteiger partial charge is 0.490 e. The number of methoxy groups -OCH3 is 1. The fourth-order valence-electron chi connectivity index (χ4n) is 3.01. The zero-order valence-electron chi connectivity index (χ0n) is 12.8. The SMILES string of the molecule is COc1c(N)ncnc1N1CCCC(c2ccc(F)c(F)c2)C1. The van der Waals surface area contributed by atoms with E-state index < -0.39 is 11.6 Å². The van der Waals surface area contributed by atoms with Gasteiger partial charge in [0.25, 0.3) is 0 Å². The van der Waals surface area contributed by atoms with Crippen LogP contribution in [-0.4, -0.2) is 30.2 Å². The van der Waals surface area contributed by atoms with Crippen LogP contribution in [0.4, 0.5) is 20.4 Å². The number of hydrogen-bond donors (Lipinski definition) is 1. The quantitative estimate of drug-likeness (QED) is 0.942. The third kappa shape index (κ3) is 3.04. The molecule has 0 amide bonds. The third-order valence-corrected chi connectivity index (χ3v) is 4.15. The molecule has 122 valence electrons. The summed E-state index contributed by atoms with van der Waals surface area (Å²) in [7, 11) is 1.52. The Kier molecular flexibility index (Phi) is 4.27. The molecular weight excluding hydrogens is 302 g/mol. The molecule has 0 radical (unpaired) electrons. The normalized spacial score (nSPS) is 18.0. The molecule has 0 spiro atoms. The molecule has 5 nitrogen and oxygen atoms in total. The van der Waals surface area contributed by atoms with E-state index in [9.17, 15) is 8.78 Å². The second kappa shape index (κ2) is 6.36. The Morgan fingerprint density at radius 1 is 1.26 bits per heavy atom. The van der Waals surface area contributed by atoms with E-state index in [2.05, 4.69) is 9.97 Å². The molecule has 1 atom stereocenters. The number of piperidine rings is 1. The molecule has 0 aliphatic carbocycles. The van der Waals surface area contributed by atoms with Crippen molar-refractivity contribution in [2.45, 2.75) is 18.8 Å². The van der Waals surface area contributed by atoms with E-state index in [1.54, 1.807) is 6.07 Å². The number of rotatable bonds is 3. The van der Waals surface area contributed by atoms with Crippen LogP contribution < -0.4 is 15.4 Å². The number of aromatic nitrogens is 2. The van der Waals surface area contributed by atoms with Crippen LogP contribution in [0.15, 0.2) is 24.5 Å². The van der Waals surface area contributed by atoms with Crippen LogP contribution in [0.1, 0.15) is 24.3 Å². The minimum Gasteiger partial charge on any atom is -0.490 e. The molecule has 1 aromatic heterocycles. The smallest absolute Gasteiger partial charge is 0.204 e. The van der Waals surface area contributed by atoms with Crippen LogP contribution in [0.5, 0.6) is 5.75 Å². The molecule has 23 heavy (non-hydrogen) atoms. The van der Waals surface area contributed by atoms with Crippen molar-refractivity contribution < 1.29 is 13.5 Å². The van der Waals surface area contributed by atoms with E-state index in [4.69, 9.17) is 10.5 Å². The number of nitrogens with two attached hydrogens (primary N) is 1. The van der Waals surface area contributed by atoms with Crippen LogP contribution in [0.3, 0.4) is 0 Å². The second-order valence-corrected chi connectivity index (χ2v) is 5.57. The molecular formula is C16H18F2N4O. The van der Waals surface area contributed by atoms with Crippen molar-refractivity contribution in [2.75, 3.05) is 30.8 Å². The van der Waals surface area contributed by atoms with Gasteiger partial charge in [-0.2, -0.15) is 0 Å². The minimum atomic E-state index is -0.827. The van der Waals surface area contributed by atoms with E-state index in [1.807, 2.05) is 4.90 Å². The van der Waals surface area contributed by atoms with Crippen LogP contribution in [-0.2, 0) is 0 Å². The van der Waals surface area contributed by atoms with Gasteiger partial charge >= 0.3 is 0 Å². The summed E-state index contributed by atoms with van der Waals surface area (Å²) in [5.74, 6) is -0.187. The molecule has 0 bridgehead atoms. The van der Waals surface area contributed by atoms with Gasteiger partial charge in [0.05, 0.1) is 7.11 Å². The fraction of sp³-hybridized carbons (Fsp3) is 0.375. The Balaban J connectivity index is 1.86. The van der Waals surface area contributed by atoms with Gasteiger partial charge in [-0.3, -0.25) is 0 Å². The van der Waals surface area contributed by atoms with Gasteiger partial charge in [0, 0.05) is 19.0 Å². The zero-order valence-corrected chi connectivity index (χ0v) is 12.8. The topological polar surface area (TPSA) is 64.3 Å². The maximum Gasteiger partial charge on any atom is 0.204 e. The number of nitrogen functional groups attached to an aromatic ring is 1. The molecule has 1 saturated heterocycles. The van der Waals surface area contributed by atoms with E-state index in [-0.39, 0.29) is 11.7 Å². The Labute approximate surface area is 133 Å². The Morgan fingerprint density at radius 3 is 2.83 bits per heavy atom. The predicted octanol–water partition coefficient (Wildman–Crippen LogP) is 2.73. The molecule has 1 unspecified atom stereocenters. The molecule has 2 N–H and O–H groups in total. The van der Waals surface area contributed by atoms with Crippen LogP contribution in [0.25, 0.3) is 0 Å². The molecule has 1 aliphatic heterocycles. The lowest BCUT2D eigenvalue weighted by Gasteiger charge is -2.34. The minimum absolute atomic E-state index is 0.0970. The Hall–Kier alpha value is -2.44. The molecule has 0 saturated carbocycles. The standard InChI is InChI=1S/C16H18F2N4O/c1-23-14-15(19)20-9-21-16(14)22-6-2-3-11(8-22)10-4-5-12(17)13(18)7-10/h4-5,7,9,11H,2-3,6,8H2,1H3,(H2,19,20,21). The fourth-order valence-corrected chi connectivity index (χ4v) is 3.01. The van der Waals surface area contributed by atoms with Gasteiger partial charge < -0.3 is 15.4 Å². The van der Waals surface area contributed by atoms with Crippen molar-refractivity contribution in [1.82, 2.24) is 9.97 Å². The summed E-state index contributed by atoms with van der Waals surface area (Å²) in [5.41, 5.74) is 6.61. The first-order valence-electron chi connectivity index (χ1n) is 7.44. The van der Waals surface area contributed by atoms with Gasteiger partial charge in [-0.25, -0.2) is 18.7 Å². The van der Waals surface area contributed by atoms with Gasteiger partial charge in [-0.15, -0.1) is 0 Å². The first-order chi connectivity index (χ1) is 11.1. The number of anilines is 2. The van der Waals surface area contributed by atoms with Gasteiger partial charge in [-0.1, -0.05) is 6.07 Å². The maximum atomic E-state index is 13.5. The third-order valence-electron chi connectivity index (χ3n) is 4.15.